The molecule has 0 radical (unpaired) electrons. The van der Waals surface area contributed by atoms with Crippen LogP contribution in [0, 0.1) is 0 Å². The van der Waals surface area contributed by atoms with Crippen LogP contribution in [0.5, 0.6) is 0 Å². The second-order valence-electron chi connectivity index (χ2n) is 6.82. The number of thiophene rings is 1. The van der Waals surface area contributed by atoms with Crippen LogP contribution in [0.3, 0.4) is 0 Å². The quantitative estimate of drug-likeness (QED) is 0.218. The molecule has 1 aromatic heterocycles. The average Bonchev–Trinajstić information content (AvgIpc) is 3.18. The van der Waals surface area contributed by atoms with Crippen molar-refractivity contribution in [3.8, 4) is 0 Å². The Morgan fingerprint density at radius 1 is 0.542 bits per heavy atom. The number of unbranched alkanes of at least 4 members (excludes halogenated alkanes) is 15. The van der Waals surface area contributed by atoms with E-state index in [9.17, 15) is 0 Å². The van der Waals surface area contributed by atoms with Crippen molar-refractivity contribution in [3.05, 3.63) is 22.9 Å². The molecule has 142 valence electrons. The average molecular weight is 371 g/mol. The Morgan fingerprint density at radius 2 is 0.875 bits per heavy atom. The Labute approximate surface area is 162 Å². The Bertz CT molecular complexity index is 249. The molecule has 0 aliphatic carbocycles. The smallest absolute Gasteiger partial charge is 0.00934 e. The molecule has 0 aliphatic rings. The standard InChI is InChI=1S/C18H38S.C4H4S/c1-2-3-4-5-6-7-8-9-10-11-12-13-14-15-16-17-18-19;1-2-4-5-3-1/h19H,2-18H2,1H3;1-4H. The first-order valence-corrected chi connectivity index (χ1v) is 12.1. The van der Waals surface area contributed by atoms with Crippen LogP contribution in [0.2, 0.25) is 0 Å². The first-order chi connectivity index (χ1) is 11.9. The monoisotopic (exact) mass is 370 g/mol. The first kappa shape index (κ1) is 24.1. The van der Waals surface area contributed by atoms with Crippen molar-refractivity contribution in [2.75, 3.05) is 5.75 Å². The Morgan fingerprint density at radius 3 is 1.12 bits per heavy atom. The molecule has 0 spiro atoms. The van der Waals surface area contributed by atoms with Crippen molar-refractivity contribution in [2.45, 2.75) is 110 Å². The van der Waals surface area contributed by atoms with Crippen LogP contribution in [0.1, 0.15) is 110 Å². The summed E-state index contributed by atoms with van der Waals surface area (Å²) in [5.74, 6) is 1.07. The predicted octanol–water partition coefficient (Wildman–Crippen LogP) is 8.93. The summed E-state index contributed by atoms with van der Waals surface area (Å²) in [6.07, 6.45) is 23.1. The van der Waals surface area contributed by atoms with E-state index in [1.165, 1.54) is 103 Å². The van der Waals surface area contributed by atoms with Gasteiger partial charge in [0, 0.05) is 0 Å². The van der Waals surface area contributed by atoms with Crippen molar-refractivity contribution < 1.29 is 0 Å². The molecule has 1 rings (SSSR count). The van der Waals surface area contributed by atoms with E-state index in [2.05, 4.69) is 19.6 Å². The molecule has 0 aliphatic heterocycles. The molecule has 0 amide bonds. The van der Waals surface area contributed by atoms with E-state index in [0.717, 1.165) is 5.75 Å². The Balaban J connectivity index is 0.000000889. The van der Waals surface area contributed by atoms with Gasteiger partial charge in [-0.2, -0.15) is 24.0 Å². The minimum atomic E-state index is 1.07. The number of rotatable bonds is 16. The van der Waals surface area contributed by atoms with Crippen molar-refractivity contribution >= 4 is 24.0 Å². The molecule has 0 nitrogen and oxygen atoms in total. The van der Waals surface area contributed by atoms with E-state index in [1.54, 1.807) is 11.3 Å². The fourth-order valence-corrected chi connectivity index (χ4v) is 3.56. The molecule has 0 aromatic carbocycles. The molecular weight excluding hydrogens is 328 g/mol. The van der Waals surface area contributed by atoms with Crippen LogP contribution >= 0.6 is 24.0 Å². The van der Waals surface area contributed by atoms with Gasteiger partial charge in [0.1, 0.15) is 0 Å². The molecule has 0 bridgehead atoms. The third-order valence-electron chi connectivity index (χ3n) is 4.44. The van der Waals surface area contributed by atoms with Crippen molar-refractivity contribution in [2.24, 2.45) is 0 Å². The lowest BCUT2D eigenvalue weighted by Crippen LogP contribution is -1.83. The molecule has 0 fully saturated rings. The Kier molecular flexibility index (Phi) is 23.1. The topological polar surface area (TPSA) is 0 Å². The second-order valence-corrected chi connectivity index (χ2v) is 8.08. The molecule has 0 saturated heterocycles. The fraction of sp³-hybridized carbons (Fsp3) is 0.818. The highest BCUT2D eigenvalue weighted by molar-refractivity contribution is 7.80. The van der Waals surface area contributed by atoms with Gasteiger partial charge in [0.2, 0.25) is 0 Å². The second kappa shape index (κ2) is 23.1. The summed E-state index contributed by atoms with van der Waals surface area (Å²) in [4.78, 5) is 0. The lowest BCUT2D eigenvalue weighted by atomic mass is 10.0. The summed E-state index contributed by atoms with van der Waals surface area (Å²) in [6.45, 7) is 2.29. The van der Waals surface area contributed by atoms with Gasteiger partial charge < -0.3 is 0 Å². The molecule has 0 saturated carbocycles. The van der Waals surface area contributed by atoms with Gasteiger partial charge in [-0.15, -0.1) is 0 Å². The van der Waals surface area contributed by atoms with Gasteiger partial charge in [-0.25, -0.2) is 0 Å². The molecule has 0 unspecified atom stereocenters. The molecule has 2 heteroatoms. The number of thiol groups is 1. The first-order valence-electron chi connectivity index (χ1n) is 10.5. The number of hydrogen-bond acceptors (Lipinski definition) is 2. The third-order valence-corrected chi connectivity index (χ3v) is 5.38. The normalized spacial score (nSPS) is 10.4. The lowest BCUT2D eigenvalue weighted by molar-refractivity contribution is 0.532. The molecule has 1 aromatic rings. The zero-order chi connectivity index (χ0) is 17.6. The van der Waals surface area contributed by atoms with Crippen molar-refractivity contribution in [1.29, 1.82) is 0 Å². The maximum absolute atomic E-state index is 4.24. The van der Waals surface area contributed by atoms with Crippen LogP contribution in [0.25, 0.3) is 0 Å². The predicted molar refractivity (Wildman–Crippen MR) is 118 cm³/mol. The van der Waals surface area contributed by atoms with E-state index in [0.29, 0.717) is 0 Å². The largest absolute Gasteiger partial charge is 0.179 e. The molecule has 0 N–H and O–H groups in total. The maximum Gasteiger partial charge on any atom is -0.00934 e. The summed E-state index contributed by atoms with van der Waals surface area (Å²) in [5.41, 5.74) is 0. The van der Waals surface area contributed by atoms with E-state index >= 15 is 0 Å². The van der Waals surface area contributed by atoms with Crippen molar-refractivity contribution in [1.82, 2.24) is 0 Å². The Hall–Kier alpha value is 0.0500. The van der Waals surface area contributed by atoms with Crippen LogP contribution in [0.4, 0.5) is 0 Å². The van der Waals surface area contributed by atoms with Gasteiger partial charge in [-0.1, -0.05) is 115 Å². The minimum Gasteiger partial charge on any atom is -0.179 e. The molecule has 24 heavy (non-hydrogen) atoms. The van der Waals surface area contributed by atoms with Gasteiger partial charge in [-0.05, 0) is 22.9 Å². The van der Waals surface area contributed by atoms with E-state index < -0.39 is 0 Å². The van der Waals surface area contributed by atoms with Gasteiger partial charge in [0.05, 0.1) is 0 Å². The minimum absolute atomic E-state index is 1.07. The molecular formula is C22H42S2. The van der Waals surface area contributed by atoms with Gasteiger partial charge in [0.25, 0.3) is 0 Å². The SMILES string of the molecule is CCCCCCCCCCCCCCCCCCS.c1ccsc1. The summed E-state index contributed by atoms with van der Waals surface area (Å²) in [7, 11) is 0. The van der Waals surface area contributed by atoms with Gasteiger partial charge >= 0.3 is 0 Å². The van der Waals surface area contributed by atoms with Crippen LogP contribution < -0.4 is 0 Å². The highest BCUT2D eigenvalue weighted by Gasteiger charge is 1.94. The van der Waals surface area contributed by atoms with E-state index in [1.807, 2.05) is 22.9 Å². The van der Waals surface area contributed by atoms with E-state index in [4.69, 9.17) is 0 Å². The highest BCUT2D eigenvalue weighted by Crippen LogP contribution is 2.13. The zero-order valence-electron chi connectivity index (χ0n) is 16.2. The summed E-state index contributed by atoms with van der Waals surface area (Å²) in [5, 5.41) is 4.08. The van der Waals surface area contributed by atoms with Crippen LogP contribution in [-0.4, -0.2) is 5.75 Å². The van der Waals surface area contributed by atoms with Crippen LogP contribution in [0.15, 0.2) is 22.9 Å². The summed E-state index contributed by atoms with van der Waals surface area (Å²) in [6, 6.07) is 4.04. The van der Waals surface area contributed by atoms with E-state index in [-0.39, 0.29) is 0 Å². The number of hydrogen-bond donors (Lipinski definition) is 1. The fourth-order valence-electron chi connectivity index (χ4n) is 2.89. The molecule has 0 atom stereocenters. The highest BCUT2D eigenvalue weighted by atomic mass is 32.1. The summed E-state index contributed by atoms with van der Waals surface area (Å²) < 4.78 is 0. The van der Waals surface area contributed by atoms with Crippen molar-refractivity contribution in [3.63, 3.8) is 0 Å². The summed E-state index contributed by atoms with van der Waals surface area (Å²) >= 11 is 5.96. The van der Waals surface area contributed by atoms with Crippen LogP contribution in [-0.2, 0) is 0 Å². The van der Waals surface area contributed by atoms with Gasteiger partial charge in [0.15, 0.2) is 0 Å². The molecule has 1 heterocycles. The lowest BCUT2D eigenvalue weighted by Gasteiger charge is -2.03. The zero-order valence-corrected chi connectivity index (χ0v) is 17.9. The third kappa shape index (κ3) is 22.1. The van der Waals surface area contributed by atoms with Gasteiger partial charge in [-0.3, -0.25) is 0 Å². The maximum atomic E-state index is 4.24.